The Morgan fingerprint density at radius 1 is 0.842 bits per heavy atom. The highest BCUT2D eigenvalue weighted by atomic mass is 16.2. The Labute approximate surface area is 229 Å². The normalized spacial score (nSPS) is 23.4. The maximum absolute atomic E-state index is 12.4. The minimum absolute atomic E-state index is 0.0472. The van der Waals surface area contributed by atoms with Gasteiger partial charge in [-0.2, -0.15) is 0 Å². The van der Waals surface area contributed by atoms with Crippen LogP contribution in [-0.2, 0) is 4.79 Å². The SMILES string of the molecule is C1CCNCC1.C=C1CCC(c2ccc(N3CCC4(CCN(c5ccccc5)CC4)CC3)cc2C)C(=O)N1. The number of hydrogen-bond acceptors (Lipinski definition) is 4. The van der Waals surface area contributed by atoms with E-state index < -0.39 is 0 Å². The average molecular weight is 515 g/mol. The van der Waals surface area contributed by atoms with Gasteiger partial charge in [-0.1, -0.05) is 37.3 Å². The van der Waals surface area contributed by atoms with Crippen LogP contribution in [0.25, 0.3) is 0 Å². The zero-order valence-electron chi connectivity index (χ0n) is 23.3. The summed E-state index contributed by atoms with van der Waals surface area (Å²) in [4.78, 5) is 17.5. The van der Waals surface area contributed by atoms with Crippen molar-refractivity contribution < 1.29 is 4.79 Å². The molecule has 4 saturated heterocycles. The van der Waals surface area contributed by atoms with E-state index in [0.29, 0.717) is 5.41 Å². The molecule has 1 spiro atoms. The second-order valence-electron chi connectivity index (χ2n) is 11.8. The molecule has 2 aromatic carbocycles. The molecule has 5 nitrogen and oxygen atoms in total. The summed E-state index contributed by atoms with van der Waals surface area (Å²) in [7, 11) is 0. The number of amides is 1. The van der Waals surface area contributed by atoms with Gasteiger partial charge >= 0.3 is 0 Å². The summed E-state index contributed by atoms with van der Waals surface area (Å²) in [6.07, 6.45) is 11.1. The molecule has 4 fully saturated rings. The van der Waals surface area contributed by atoms with Crippen LogP contribution in [0.15, 0.2) is 60.8 Å². The standard InChI is InChI=1S/C28H35N3O.C5H11N/c1-21-20-24(9-11-25(21)26-10-8-22(2)29-27(26)32)31-18-14-28(15-19-31)12-16-30(17-13-28)23-6-4-3-5-7-23;1-2-4-6-5-3-1/h3-7,9,11,20,26H,2,8,10,12-19H2,1H3,(H,29,32);6H,1-5H2. The third-order valence-electron chi connectivity index (χ3n) is 9.32. The van der Waals surface area contributed by atoms with Crippen molar-refractivity contribution in [3.63, 3.8) is 0 Å². The van der Waals surface area contributed by atoms with Crippen molar-refractivity contribution in [3.05, 3.63) is 71.9 Å². The van der Waals surface area contributed by atoms with Crippen LogP contribution in [0.1, 0.15) is 74.8 Å². The predicted molar refractivity (Wildman–Crippen MR) is 159 cm³/mol. The Morgan fingerprint density at radius 2 is 1.47 bits per heavy atom. The first-order valence-electron chi connectivity index (χ1n) is 14.9. The molecule has 1 amide bonds. The van der Waals surface area contributed by atoms with Crippen molar-refractivity contribution in [1.29, 1.82) is 0 Å². The second-order valence-corrected chi connectivity index (χ2v) is 11.8. The van der Waals surface area contributed by atoms with Crippen molar-refractivity contribution in [3.8, 4) is 0 Å². The highest BCUT2D eigenvalue weighted by Gasteiger charge is 2.38. The first-order valence-corrected chi connectivity index (χ1v) is 14.9. The van der Waals surface area contributed by atoms with Gasteiger partial charge in [-0.3, -0.25) is 4.79 Å². The molecule has 5 heteroatoms. The smallest absolute Gasteiger partial charge is 0.231 e. The maximum Gasteiger partial charge on any atom is 0.231 e. The molecule has 2 aromatic rings. The second kappa shape index (κ2) is 12.4. The van der Waals surface area contributed by atoms with E-state index in [1.54, 1.807) is 0 Å². The molecule has 1 unspecified atom stereocenters. The molecular formula is C33H46N4O. The molecule has 4 aliphatic heterocycles. The van der Waals surface area contributed by atoms with Crippen molar-refractivity contribution in [2.24, 2.45) is 5.41 Å². The summed E-state index contributed by atoms with van der Waals surface area (Å²) in [6.45, 7) is 13.2. The molecule has 0 aliphatic carbocycles. The highest BCUT2D eigenvalue weighted by Crippen LogP contribution is 2.43. The predicted octanol–water partition coefficient (Wildman–Crippen LogP) is 6.15. The largest absolute Gasteiger partial charge is 0.371 e. The van der Waals surface area contributed by atoms with Gasteiger partial charge in [0.2, 0.25) is 5.91 Å². The van der Waals surface area contributed by atoms with Crippen LogP contribution in [-0.4, -0.2) is 45.2 Å². The lowest BCUT2D eigenvalue weighted by atomic mass is 9.71. The molecule has 2 N–H and O–H groups in total. The highest BCUT2D eigenvalue weighted by molar-refractivity contribution is 5.86. The van der Waals surface area contributed by atoms with Gasteiger partial charge in [-0.15, -0.1) is 0 Å². The average Bonchev–Trinajstić information content (AvgIpc) is 2.96. The Kier molecular flexibility index (Phi) is 8.73. The summed E-state index contributed by atoms with van der Waals surface area (Å²) in [5.41, 5.74) is 6.43. The van der Waals surface area contributed by atoms with Gasteiger partial charge in [0.25, 0.3) is 0 Å². The van der Waals surface area contributed by atoms with E-state index in [-0.39, 0.29) is 11.8 Å². The number of carbonyl (C=O) groups excluding carboxylic acids is 1. The lowest BCUT2D eigenvalue weighted by molar-refractivity contribution is -0.122. The third kappa shape index (κ3) is 6.43. The van der Waals surface area contributed by atoms with Gasteiger partial charge in [0, 0.05) is 43.3 Å². The molecule has 4 aliphatic rings. The van der Waals surface area contributed by atoms with Crippen LogP contribution < -0.4 is 20.4 Å². The van der Waals surface area contributed by atoms with Gasteiger partial charge in [-0.05, 0) is 112 Å². The zero-order valence-corrected chi connectivity index (χ0v) is 23.3. The lowest BCUT2D eigenvalue weighted by Gasteiger charge is -2.48. The van der Waals surface area contributed by atoms with Crippen LogP contribution in [0.4, 0.5) is 11.4 Å². The van der Waals surface area contributed by atoms with E-state index in [0.717, 1.165) is 31.6 Å². The molecule has 0 radical (unpaired) electrons. The molecule has 0 aromatic heterocycles. The van der Waals surface area contributed by atoms with Crippen molar-refractivity contribution in [1.82, 2.24) is 10.6 Å². The van der Waals surface area contributed by atoms with E-state index in [2.05, 4.69) is 82.5 Å². The van der Waals surface area contributed by atoms with Crippen LogP contribution in [0.2, 0.25) is 0 Å². The lowest BCUT2D eigenvalue weighted by Crippen LogP contribution is -2.47. The minimum atomic E-state index is -0.0472. The van der Waals surface area contributed by atoms with Gasteiger partial charge in [0.15, 0.2) is 0 Å². The van der Waals surface area contributed by atoms with Crippen LogP contribution in [0, 0.1) is 12.3 Å². The van der Waals surface area contributed by atoms with E-state index in [9.17, 15) is 4.79 Å². The number of benzene rings is 2. The van der Waals surface area contributed by atoms with Crippen molar-refractivity contribution in [2.75, 3.05) is 49.1 Å². The molecule has 1 atom stereocenters. The Hall–Kier alpha value is -2.79. The number of allylic oxidation sites excluding steroid dienone is 1. The summed E-state index contributed by atoms with van der Waals surface area (Å²) in [5.74, 6) is 0.0489. The summed E-state index contributed by atoms with van der Waals surface area (Å²) in [5, 5.41) is 6.22. The number of anilines is 2. The molecular weight excluding hydrogens is 468 g/mol. The molecule has 38 heavy (non-hydrogen) atoms. The van der Waals surface area contributed by atoms with E-state index in [1.165, 1.54) is 93.6 Å². The maximum atomic E-state index is 12.4. The first-order chi connectivity index (χ1) is 18.5. The number of carbonyl (C=O) groups is 1. The Balaban J connectivity index is 0.000000433. The number of para-hydroxylation sites is 1. The van der Waals surface area contributed by atoms with E-state index >= 15 is 0 Å². The fourth-order valence-electron chi connectivity index (χ4n) is 6.74. The number of rotatable bonds is 3. The summed E-state index contributed by atoms with van der Waals surface area (Å²) >= 11 is 0. The fraction of sp³-hybridized carbons (Fsp3) is 0.545. The van der Waals surface area contributed by atoms with E-state index in [1.807, 2.05) is 0 Å². The van der Waals surface area contributed by atoms with Crippen LogP contribution in [0.5, 0.6) is 0 Å². The van der Waals surface area contributed by atoms with Gasteiger partial charge in [0.1, 0.15) is 0 Å². The number of nitrogens with one attached hydrogen (secondary N) is 2. The third-order valence-corrected chi connectivity index (χ3v) is 9.32. The summed E-state index contributed by atoms with van der Waals surface area (Å²) in [6, 6.07) is 17.6. The number of aryl methyl sites for hydroxylation is 1. The molecule has 4 heterocycles. The van der Waals surface area contributed by atoms with Crippen molar-refractivity contribution >= 4 is 17.3 Å². The van der Waals surface area contributed by atoms with Crippen molar-refractivity contribution in [2.45, 2.75) is 70.6 Å². The molecule has 0 saturated carbocycles. The fourth-order valence-corrected chi connectivity index (χ4v) is 6.74. The van der Waals surface area contributed by atoms with Gasteiger partial charge in [0.05, 0.1) is 5.92 Å². The van der Waals surface area contributed by atoms with Crippen LogP contribution in [0.3, 0.4) is 0 Å². The van der Waals surface area contributed by atoms with Gasteiger partial charge < -0.3 is 20.4 Å². The van der Waals surface area contributed by atoms with E-state index in [4.69, 9.17) is 0 Å². The zero-order chi connectivity index (χ0) is 26.4. The first kappa shape index (κ1) is 26.8. The summed E-state index contributed by atoms with van der Waals surface area (Å²) < 4.78 is 0. The Morgan fingerprint density at radius 3 is 2.00 bits per heavy atom. The number of piperidine rings is 4. The molecule has 6 rings (SSSR count). The number of nitrogens with zero attached hydrogens (tertiary/aromatic N) is 2. The van der Waals surface area contributed by atoms with Crippen LogP contribution >= 0.6 is 0 Å². The van der Waals surface area contributed by atoms with Gasteiger partial charge in [-0.25, -0.2) is 0 Å². The quantitative estimate of drug-likeness (QED) is 0.516. The number of hydrogen-bond donors (Lipinski definition) is 2. The Bertz CT molecular complexity index is 1060. The topological polar surface area (TPSA) is 47.6 Å². The molecule has 0 bridgehead atoms. The monoisotopic (exact) mass is 514 g/mol. The minimum Gasteiger partial charge on any atom is -0.371 e. The molecule has 204 valence electrons.